The van der Waals surface area contributed by atoms with E-state index in [0.29, 0.717) is 0 Å². The largest absolute Gasteiger partial charge is 0.310 e. The summed E-state index contributed by atoms with van der Waals surface area (Å²) in [6, 6.07) is 69.2. The summed E-state index contributed by atoms with van der Waals surface area (Å²) in [5, 5.41) is 1.22. The Balaban J connectivity index is 1.25. The topological polar surface area (TPSA) is 21.1 Å². The van der Waals surface area contributed by atoms with Crippen LogP contribution >= 0.6 is 0 Å². The molecule has 7 aromatic carbocycles. The number of pyridine rings is 1. The molecule has 0 fully saturated rings. The number of anilines is 3. The highest BCUT2D eigenvalue weighted by Gasteiger charge is 2.26. The third-order valence-electron chi connectivity index (χ3n) is 10.2. The number of aromatic nitrogens is 2. The molecule has 1 aliphatic rings. The third-order valence-corrected chi connectivity index (χ3v) is 10.2. The van der Waals surface area contributed by atoms with Crippen LogP contribution in [0.1, 0.15) is 0 Å². The lowest BCUT2D eigenvalue weighted by Crippen LogP contribution is -2.10. The quantitative estimate of drug-likeness (QED) is 0.177. The molecule has 0 aliphatic heterocycles. The molecule has 0 saturated heterocycles. The molecule has 0 unspecified atom stereocenters. The molecular formula is C49H33N3. The van der Waals surface area contributed by atoms with Crippen LogP contribution in [0.15, 0.2) is 200 Å². The van der Waals surface area contributed by atoms with Crippen LogP contribution in [0.2, 0.25) is 0 Å². The van der Waals surface area contributed by atoms with Gasteiger partial charge >= 0.3 is 0 Å². The average Bonchev–Trinajstić information content (AvgIpc) is 3.56. The summed E-state index contributed by atoms with van der Waals surface area (Å²) in [7, 11) is 0. The van der Waals surface area contributed by atoms with Gasteiger partial charge in [0.15, 0.2) is 0 Å². The van der Waals surface area contributed by atoms with E-state index in [0.717, 1.165) is 39.7 Å². The molecule has 3 nitrogen and oxygen atoms in total. The molecule has 10 rings (SSSR count). The van der Waals surface area contributed by atoms with Gasteiger partial charge in [-0.1, -0.05) is 146 Å². The van der Waals surface area contributed by atoms with Crippen LogP contribution in [0.5, 0.6) is 0 Å². The molecular weight excluding hydrogens is 631 g/mol. The molecule has 2 heterocycles. The van der Waals surface area contributed by atoms with Gasteiger partial charge < -0.3 is 9.47 Å². The molecule has 244 valence electrons. The smallest absolute Gasteiger partial charge is 0.137 e. The minimum Gasteiger partial charge on any atom is -0.310 e. The average molecular weight is 664 g/mol. The Hall–Kier alpha value is -6.97. The summed E-state index contributed by atoms with van der Waals surface area (Å²) >= 11 is 0. The summed E-state index contributed by atoms with van der Waals surface area (Å²) in [5.41, 5.74) is 16.1. The van der Waals surface area contributed by atoms with Crippen molar-refractivity contribution in [3.8, 4) is 61.6 Å². The Kier molecular flexibility index (Phi) is 7.14. The van der Waals surface area contributed by atoms with E-state index in [4.69, 9.17) is 4.98 Å². The molecule has 9 aromatic rings. The Morgan fingerprint density at radius 1 is 0.365 bits per heavy atom. The van der Waals surface area contributed by atoms with Gasteiger partial charge in [0, 0.05) is 39.8 Å². The maximum atomic E-state index is 5.26. The van der Waals surface area contributed by atoms with Crippen LogP contribution in [-0.2, 0) is 0 Å². The maximum absolute atomic E-state index is 5.26. The molecule has 1 aliphatic carbocycles. The van der Waals surface area contributed by atoms with E-state index in [1.54, 1.807) is 0 Å². The van der Waals surface area contributed by atoms with Gasteiger partial charge in [0.05, 0.1) is 11.2 Å². The Labute approximate surface area is 303 Å². The lowest BCUT2D eigenvalue weighted by Gasteiger charge is -2.27. The third kappa shape index (κ3) is 5.02. The maximum Gasteiger partial charge on any atom is 0.137 e. The highest BCUT2D eigenvalue weighted by molar-refractivity contribution is 6.15. The fourth-order valence-electron chi connectivity index (χ4n) is 7.77. The number of hydrogen-bond acceptors (Lipinski definition) is 2. The Morgan fingerprint density at radius 3 is 1.54 bits per heavy atom. The fourth-order valence-corrected chi connectivity index (χ4v) is 7.77. The number of fused-ring (bicyclic) bond motifs is 5. The second-order valence-corrected chi connectivity index (χ2v) is 13.2. The van der Waals surface area contributed by atoms with E-state index < -0.39 is 0 Å². The number of para-hydroxylation sites is 1. The first-order valence-electron chi connectivity index (χ1n) is 17.7. The molecule has 0 saturated carbocycles. The van der Waals surface area contributed by atoms with Crippen LogP contribution in [0.25, 0.3) is 72.5 Å². The molecule has 0 bridgehead atoms. The van der Waals surface area contributed by atoms with E-state index in [2.05, 4.69) is 204 Å². The van der Waals surface area contributed by atoms with Crippen molar-refractivity contribution in [2.45, 2.75) is 0 Å². The molecule has 0 N–H and O–H groups in total. The first kappa shape index (κ1) is 29.9. The first-order chi connectivity index (χ1) is 25.8. The lowest BCUT2D eigenvalue weighted by molar-refractivity contribution is 1.05. The normalized spacial score (nSPS) is 11.5. The zero-order valence-electron chi connectivity index (χ0n) is 28.4. The molecule has 0 atom stereocenters. The molecule has 52 heavy (non-hydrogen) atoms. The predicted octanol–water partition coefficient (Wildman–Crippen LogP) is 13.1. The van der Waals surface area contributed by atoms with Gasteiger partial charge in [0.2, 0.25) is 0 Å². The van der Waals surface area contributed by atoms with Crippen LogP contribution in [0.4, 0.5) is 17.1 Å². The number of benzene rings is 7. The Bertz CT molecular complexity index is 2710. The van der Waals surface area contributed by atoms with Gasteiger partial charge in [-0.25, -0.2) is 4.98 Å². The van der Waals surface area contributed by atoms with E-state index in [9.17, 15) is 0 Å². The van der Waals surface area contributed by atoms with E-state index in [1.807, 2.05) is 6.07 Å². The van der Waals surface area contributed by atoms with Crippen molar-refractivity contribution < 1.29 is 0 Å². The Morgan fingerprint density at radius 2 is 0.885 bits per heavy atom. The summed E-state index contributed by atoms with van der Waals surface area (Å²) in [6.45, 7) is 0. The summed E-state index contributed by atoms with van der Waals surface area (Å²) in [5.74, 6) is 0.880. The minimum atomic E-state index is 0.880. The molecule has 2 aromatic heterocycles. The van der Waals surface area contributed by atoms with Gasteiger partial charge in [0.1, 0.15) is 5.82 Å². The van der Waals surface area contributed by atoms with Gasteiger partial charge in [-0.05, 0) is 87.5 Å². The van der Waals surface area contributed by atoms with Crippen LogP contribution in [-0.4, -0.2) is 9.55 Å². The van der Waals surface area contributed by atoms with Crippen molar-refractivity contribution in [1.29, 1.82) is 0 Å². The van der Waals surface area contributed by atoms with Gasteiger partial charge in [-0.2, -0.15) is 0 Å². The van der Waals surface area contributed by atoms with Crippen molar-refractivity contribution in [2.24, 2.45) is 0 Å². The van der Waals surface area contributed by atoms with E-state index in [-0.39, 0.29) is 0 Å². The van der Waals surface area contributed by atoms with Crippen LogP contribution in [0, 0.1) is 0 Å². The zero-order valence-corrected chi connectivity index (χ0v) is 28.4. The van der Waals surface area contributed by atoms with E-state index >= 15 is 0 Å². The van der Waals surface area contributed by atoms with Crippen molar-refractivity contribution in [1.82, 2.24) is 9.55 Å². The molecule has 0 amide bonds. The van der Waals surface area contributed by atoms with Crippen molar-refractivity contribution in [3.63, 3.8) is 0 Å². The second-order valence-electron chi connectivity index (χ2n) is 13.2. The fraction of sp³-hybridized carbons (Fsp3) is 0. The highest BCUT2D eigenvalue weighted by atomic mass is 15.1. The van der Waals surface area contributed by atoms with Crippen LogP contribution in [0.3, 0.4) is 0 Å². The minimum absolute atomic E-state index is 0.880. The van der Waals surface area contributed by atoms with E-state index in [1.165, 1.54) is 49.9 Å². The standard InChI is InChI=1S/C49H33N3/c1-4-15-34(16-5-1)35-27-29-38(30-28-35)52(37-19-8-3-9-20-37)39-31-44-42-23-12-10-21-40(42)41-22-11-13-24-43(41)45-33-51(47(32-39)49(44)45)48-26-14-25-46(50-48)36-17-6-2-7-18-36/h1-33H. The second kappa shape index (κ2) is 12.4. The predicted molar refractivity (Wildman–Crippen MR) is 216 cm³/mol. The summed E-state index contributed by atoms with van der Waals surface area (Å²) < 4.78 is 2.29. The lowest BCUT2D eigenvalue weighted by atomic mass is 9.94. The zero-order chi connectivity index (χ0) is 34.4. The highest BCUT2D eigenvalue weighted by Crippen LogP contribution is 2.51. The number of nitrogens with zero attached hydrogens (tertiary/aromatic N) is 3. The summed E-state index contributed by atoms with van der Waals surface area (Å²) in [4.78, 5) is 7.63. The van der Waals surface area contributed by atoms with Gasteiger partial charge in [-0.3, -0.25) is 0 Å². The summed E-state index contributed by atoms with van der Waals surface area (Å²) in [6.07, 6.45) is 2.29. The van der Waals surface area contributed by atoms with Gasteiger partial charge in [0.25, 0.3) is 0 Å². The van der Waals surface area contributed by atoms with Crippen molar-refractivity contribution >= 4 is 28.0 Å². The van der Waals surface area contributed by atoms with Crippen LogP contribution < -0.4 is 4.90 Å². The molecule has 3 heteroatoms. The van der Waals surface area contributed by atoms with Crippen molar-refractivity contribution in [3.05, 3.63) is 200 Å². The number of rotatable bonds is 6. The van der Waals surface area contributed by atoms with Crippen molar-refractivity contribution in [2.75, 3.05) is 4.90 Å². The van der Waals surface area contributed by atoms with Gasteiger partial charge in [-0.15, -0.1) is 0 Å². The molecule has 0 spiro atoms. The number of hydrogen-bond donors (Lipinski definition) is 0. The monoisotopic (exact) mass is 663 g/mol. The molecule has 0 radical (unpaired) electrons. The first-order valence-corrected chi connectivity index (χ1v) is 17.7. The SMILES string of the molecule is c1ccc(-c2ccc(N(c3ccccc3)c3cc4c5c(cn(-c6cccc(-c7ccccc7)n6)c5c3)-c3ccccc3-c3ccccc3-4)cc2)cc1.